The van der Waals surface area contributed by atoms with Gasteiger partial charge in [0.25, 0.3) is 11.8 Å². The van der Waals surface area contributed by atoms with Gasteiger partial charge in [-0.15, -0.1) is 0 Å². The molecule has 4 rings (SSSR count). The molecule has 5 N–H and O–H groups in total. The molecule has 2 amide bonds. The number of aliphatic hydroxyl groups excluding tert-OH is 1. The van der Waals surface area contributed by atoms with Crippen molar-refractivity contribution in [3.05, 3.63) is 70.8 Å². The lowest BCUT2D eigenvalue weighted by atomic mass is 9.95. The summed E-state index contributed by atoms with van der Waals surface area (Å²) in [7, 11) is 0. The van der Waals surface area contributed by atoms with Crippen molar-refractivity contribution in [1.82, 2.24) is 16.1 Å². The molecular formula is C27H31N3O4. The second-order valence-corrected chi connectivity index (χ2v) is 9.35. The predicted octanol–water partition coefficient (Wildman–Crippen LogP) is 2.35. The third-order valence-corrected chi connectivity index (χ3v) is 6.92. The Morgan fingerprint density at radius 3 is 2.18 bits per heavy atom. The summed E-state index contributed by atoms with van der Waals surface area (Å²) >= 11 is 0. The lowest BCUT2D eigenvalue weighted by molar-refractivity contribution is -0.133. The first-order chi connectivity index (χ1) is 16.4. The summed E-state index contributed by atoms with van der Waals surface area (Å²) in [6, 6.07) is 14.3. The minimum Gasteiger partial charge on any atom is -0.391 e. The van der Waals surface area contributed by atoms with Gasteiger partial charge in [0.1, 0.15) is 6.04 Å². The summed E-state index contributed by atoms with van der Waals surface area (Å²) in [4.78, 5) is 23.9. The van der Waals surface area contributed by atoms with Crippen LogP contribution in [-0.2, 0) is 11.3 Å². The summed E-state index contributed by atoms with van der Waals surface area (Å²) in [6.07, 6.45) is 4.36. The molecule has 7 heteroatoms. The van der Waals surface area contributed by atoms with Crippen LogP contribution in [0, 0.1) is 23.7 Å². The molecule has 0 spiro atoms. The van der Waals surface area contributed by atoms with Crippen LogP contribution >= 0.6 is 0 Å². The van der Waals surface area contributed by atoms with Crippen LogP contribution in [0.1, 0.15) is 59.7 Å². The van der Waals surface area contributed by atoms with Gasteiger partial charge in [0, 0.05) is 29.3 Å². The van der Waals surface area contributed by atoms with Crippen molar-refractivity contribution in [2.75, 3.05) is 0 Å². The predicted molar refractivity (Wildman–Crippen MR) is 128 cm³/mol. The lowest BCUT2D eigenvalue weighted by Gasteiger charge is -2.23. The quantitative estimate of drug-likeness (QED) is 0.247. The fourth-order valence-corrected chi connectivity index (χ4v) is 5.00. The first kappa shape index (κ1) is 24.0. The van der Waals surface area contributed by atoms with Crippen LogP contribution in [0.4, 0.5) is 0 Å². The molecule has 178 valence electrons. The minimum atomic E-state index is -1.26. The highest BCUT2D eigenvalue weighted by Gasteiger charge is 2.38. The molecule has 2 saturated carbocycles. The number of hydrogen-bond donors (Lipinski definition) is 5. The van der Waals surface area contributed by atoms with E-state index in [1.807, 2.05) is 12.1 Å². The Bertz CT molecular complexity index is 1070. The first-order valence-electron chi connectivity index (χ1n) is 11.8. The van der Waals surface area contributed by atoms with Crippen LogP contribution in [0.25, 0.3) is 0 Å². The van der Waals surface area contributed by atoms with E-state index in [2.05, 4.69) is 34.6 Å². The van der Waals surface area contributed by atoms with E-state index in [4.69, 9.17) is 5.21 Å². The summed E-state index contributed by atoms with van der Waals surface area (Å²) in [5.74, 6) is 6.62. The van der Waals surface area contributed by atoms with E-state index in [0.29, 0.717) is 11.6 Å². The van der Waals surface area contributed by atoms with E-state index in [1.54, 1.807) is 24.3 Å². The number of nitrogens with one attached hydrogen (secondary N) is 3. The van der Waals surface area contributed by atoms with Crippen molar-refractivity contribution in [3.63, 3.8) is 0 Å². The number of rotatable bonds is 7. The average molecular weight is 462 g/mol. The molecule has 0 aliphatic heterocycles. The molecule has 5 atom stereocenters. The first-order valence-corrected chi connectivity index (χ1v) is 11.8. The van der Waals surface area contributed by atoms with Crippen molar-refractivity contribution in [3.8, 4) is 11.8 Å². The van der Waals surface area contributed by atoms with E-state index >= 15 is 0 Å². The Balaban J connectivity index is 1.30. The van der Waals surface area contributed by atoms with Gasteiger partial charge in [0.05, 0.1) is 6.10 Å². The van der Waals surface area contributed by atoms with Gasteiger partial charge in [-0.1, -0.05) is 30.4 Å². The van der Waals surface area contributed by atoms with Crippen LogP contribution < -0.4 is 16.1 Å². The van der Waals surface area contributed by atoms with Gasteiger partial charge in [-0.3, -0.25) is 14.8 Å². The summed E-state index contributed by atoms with van der Waals surface area (Å²) in [5, 5.41) is 24.5. The van der Waals surface area contributed by atoms with Crippen molar-refractivity contribution < 1.29 is 19.9 Å². The summed E-state index contributed by atoms with van der Waals surface area (Å²) < 4.78 is 0. The molecule has 7 nitrogen and oxygen atoms in total. The number of hydroxylamine groups is 1. The monoisotopic (exact) mass is 461 g/mol. The van der Waals surface area contributed by atoms with Gasteiger partial charge in [0.2, 0.25) is 0 Å². The van der Waals surface area contributed by atoms with Gasteiger partial charge >= 0.3 is 0 Å². The second-order valence-electron chi connectivity index (χ2n) is 9.35. The Hall–Kier alpha value is -3.18. The number of aliphatic hydroxyl groups is 1. The number of fused-ring (bicyclic) bond motifs is 2. The highest BCUT2D eigenvalue weighted by molar-refractivity contribution is 5.97. The molecule has 0 aromatic heterocycles. The smallest absolute Gasteiger partial charge is 0.268 e. The highest BCUT2D eigenvalue weighted by Crippen LogP contribution is 2.44. The van der Waals surface area contributed by atoms with Gasteiger partial charge < -0.3 is 15.7 Å². The Labute approximate surface area is 199 Å². The van der Waals surface area contributed by atoms with E-state index < -0.39 is 24.0 Å². The van der Waals surface area contributed by atoms with Crippen molar-refractivity contribution >= 4 is 11.8 Å². The zero-order valence-corrected chi connectivity index (χ0v) is 19.3. The topological polar surface area (TPSA) is 111 Å². The van der Waals surface area contributed by atoms with E-state index in [9.17, 15) is 14.7 Å². The molecule has 0 radical (unpaired) electrons. The average Bonchev–Trinajstić information content (AvgIpc) is 3.48. The molecule has 0 heterocycles. The molecule has 2 aliphatic carbocycles. The Morgan fingerprint density at radius 2 is 1.65 bits per heavy atom. The number of hydrogen-bond acceptors (Lipinski definition) is 5. The molecular weight excluding hydrogens is 430 g/mol. The zero-order chi connectivity index (χ0) is 24.1. The van der Waals surface area contributed by atoms with Crippen molar-refractivity contribution in [1.29, 1.82) is 0 Å². The molecule has 2 fully saturated rings. The van der Waals surface area contributed by atoms with Gasteiger partial charge in [0.15, 0.2) is 0 Å². The van der Waals surface area contributed by atoms with Crippen LogP contribution in [0.3, 0.4) is 0 Å². The van der Waals surface area contributed by atoms with Crippen LogP contribution in [0.2, 0.25) is 0 Å². The number of carbonyl (C=O) groups is 2. The molecule has 2 aliphatic rings. The molecule has 2 aromatic rings. The van der Waals surface area contributed by atoms with E-state index in [0.717, 1.165) is 29.5 Å². The number of carbonyl (C=O) groups excluding carboxylic acids is 2. The third kappa shape index (κ3) is 5.84. The Morgan fingerprint density at radius 1 is 1.00 bits per heavy atom. The number of amides is 2. The standard InChI is InChI=1S/C27H31N3O4/c1-17(31)25(27(33)30-34)29-26(32)22-11-8-19(9-12-22)3-2-18-4-6-20(7-5-18)16-28-24-15-21-10-13-23(24)14-21/h4-9,11-12,17,21,23-25,28,31,34H,10,13-16H2,1H3,(H,29,32)(H,30,33)/t17-,21?,23-,24-,25+/m1/s1. The molecule has 0 saturated heterocycles. The SMILES string of the molecule is C[C@@H](O)[C@H](NC(=O)c1ccc(C#Cc2ccc(CN[C@@H]3CC4CC[C@@H]3C4)cc2)cc1)C(=O)NO. The molecule has 2 aromatic carbocycles. The normalized spacial score (nSPS) is 22.4. The van der Waals surface area contributed by atoms with Crippen LogP contribution in [-0.4, -0.2) is 40.3 Å². The fraction of sp³-hybridized carbons (Fsp3) is 0.407. The fourth-order valence-electron chi connectivity index (χ4n) is 5.00. The lowest BCUT2D eigenvalue weighted by Crippen LogP contribution is -2.51. The van der Waals surface area contributed by atoms with Gasteiger partial charge in [-0.2, -0.15) is 0 Å². The zero-order valence-electron chi connectivity index (χ0n) is 19.3. The van der Waals surface area contributed by atoms with Crippen LogP contribution in [0.5, 0.6) is 0 Å². The van der Waals surface area contributed by atoms with Gasteiger partial charge in [-0.05, 0) is 80.0 Å². The largest absolute Gasteiger partial charge is 0.391 e. The Kier molecular flexibility index (Phi) is 7.63. The maximum Gasteiger partial charge on any atom is 0.268 e. The maximum atomic E-state index is 12.4. The van der Waals surface area contributed by atoms with Crippen LogP contribution in [0.15, 0.2) is 48.5 Å². The maximum absolute atomic E-state index is 12.4. The van der Waals surface area contributed by atoms with Crippen molar-refractivity contribution in [2.24, 2.45) is 11.8 Å². The minimum absolute atomic E-state index is 0.314. The number of benzene rings is 2. The van der Waals surface area contributed by atoms with E-state index in [1.165, 1.54) is 43.7 Å². The molecule has 2 bridgehead atoms. The highest BCUT2D eigenvalue weighted by atomic mass is 16.5. The molecule has 1 unspecified atom stereocenters. The summed E-state index contributed by atoms with van der Waals surface area (Å²) in [6.45, 7) is 2.24. The van der Waals surface area contributed by atoms with Crippen molar-refractivity contribution in [2.45, 2.75) is 57.3 Å². The summed E-state index contributed by atoms with van der Waals surface area (Å²) in [5.41, 5.74) is 4.68. The van der Waals surface area contributed by atoms with Gasteiger partial charge in [-0.25, -0.2) is 5.48 Å². The third-order valence-electron chi connectivity index (χ3n) is 6.92. The second kappa shape index (κ2) is 10.8. The molecule has 34 heavy (non-hydrogen) atoms. The van der Waals surface area contributed by atoms with E-state index in [-0.39, 0.29) is 0 Å².